The summed E-state index contributed by atoms with van der Waals surface area (Å²) in [5.41, 5.74) is 2.71. The van der Waals surface area contributed by atoms with Gasteiger partial charge in [-0.05, 0) is 25.0 Å². The highest BCUT2D eigenvalue weighted by molar-refractivity contribution is 7.71. The Morgan fingerprint density at radius 2 is 2.11 bits per heavy atom. The minimum absolute atomic E-state index is 0.342. The highest BCUT2D eigenvalue weighted by atomic mass is 35.5. The highest BCUT2D eigenvalue weighted by Crippen LogP contribution is 2.25. The van der Waals surface area contributed by atoms with E-state index in [4.69, 9.17) is 23.8 Å². The molecule has 0 unspecified atom stereocenters. The average Bonchev–Trinajstić information content (AvgIpc) is 2.27. The molecule has 0 aliphatic heterocycles. The second-order valence-corrected chi connectivity index (χ2v) is 5.21. The summed E-state index contributed by atoms with van der Waals surface area (Å²) in [6.45, 7) is 6.19. The number of aryl methyl sites for hydroxylation is 1. The van der Waals surface area contributed by atoms with Crippen LogP contribution in [0.15, 0.2) is 18.3 Å². The third kappa shape index (κ3) is 2.44. The standard InChI is InChI=1S/C13H14ClN3S/c1-7(2)10-8(3)16-12(17-13(10)18)11-9(14)5-4-6-15-11/h4-7H,1-3H3,(H,16,17,18). The summed E-state index contributed by atoms with van der Waals surface area (Å²) in [4.78, 5) is 11.9. The predicted molar refractivity (Wildman–Crippen MR) is 76.5 cm³/mol. The maximum Gasteiger partial charge on any atom is 0.159 e. The van der Waals surface area contributed by atoms with Crippen LogP contribution in [0.4, 0.5) is 0 Å². The van der Waals surface area contributed by atoms with Crippen LogP contribution in [-0.4, -0.2) is 15.0 Å². The molecule has 0 amide bonds. The van der Waals surface area contributed by atoms with Crippen molar-refractivity contribution >= 4 is 23.8 Å². The minimum atomic E-state index is 0.342. The van der Waals surface area contributed by atoms with Crippen LogP contribution in [0, 0.1) is 11.6 Å². The number of H-pyrrole nitrogens is 1. The van der Waals surface area contributed by atoms with E-state index in [1.54, 1.807) is 18.3 Å². The molecule has 2 heterocycles. The zero-order chi connectivity index (χ0) is 13.3. The van der Waals surface area contributed by atoms with Gasteiger partial charge in [-0.1, -0.05) is 37.7 Å². The molecule has 0 atom stereocenters. The Kier molecular flexibility index (Phi) is 3.78. The number of pyridine rings is 1. The number of nitrogens with zero attached hydrogens (tertiary/aromatic N) is 2. The Hall–Kier alpha value is -1.26. The first-order valence-corrected chi connectivity index (χ1v) is 6.51. The van der Waals surface area contributed by atoms with Gasteiger partial charge in [0, 0.05) is 17.5 Å². The number of halogens is 1. The van der Waals surface area contributed by atoms with Gasteiger partial charge in [0.2, 0.25) is 0 Å². The number of aromatic amines is 1. The summed E-state index contributed by atoms with van der Waals surface area (Å²) in [7, 11) is 0. The fraction of sp³-hybridized carbons (Fsp3) is 0.308. The topological polar surface area (TPSA) is 41.6 Å². The molecule has 94 valence electrons. The van der Waals surface area contributed by atoms with Crippen LogP contribution in [0.3, 0.4) is 0 Å². The SMILES string of the molecule is Cc1[nH]c(-c2ncccc2Cl)nc(=S)c1C(C)C. The van der Waals surface area contributed by atoms with E-state index >= 15 is 0 Å². The molecule has 0 saturated heterocycles. The Bertz CT molecular complexity index is 634. The van der Waals surface area contributed by atoms with Gasteiger partial charge in [-0.3, -0.25) is 4.98 Å². The third-order valence-electron chi connectivity index (χ3n) is 2.71. The smallest absolute Gasteiger partial charge is 0.159 e. The first-order valence-electron chi connectivity index (χ1n) is 5.72. The first kappa shape index (κ1) is 13.2. The van der Waals surface area contributed by atoms with E-state index in [0.29, 0.717) is 27.1 Å². The molecular formula is C13H14ClN3S. The molecule has 5 heteroatoms. The van der Waals surface area contributed by atoms with Crippen molar-refractivity contribution < 1.29 is 0 Å². The normalized spacial score (nSPS) is 10.9. The molecule has 2 rings (SSSR count). The minimum Gasteiger partial charge on any atom is -0.342 e. The van der Waals surface area contributed by atoms with Crippen molar-refractivity contribution in [2.45, 2.75) is 26.7 Å². The fourth-order valence-electron chi connectivity index (χ4n) is 1.95. The van der Waals surface area contributed by atoms with Gasteiger partial charge in [-0.15, -0.1) is 0 Å². The van der Waals surface area contributed by atoms with E-state index in [2.05, 4.69) is 28.8 Å². The van der Waals surface area contributed by atoms with E-state index < -0.39 is 0 Å². The first-order chi connectivity index (χ1) is 8.50. The van der Waals surface area contributed by atoms with E-state index in [1.165, 1.54) is 0 Å². The van der Waals surface area contributed by atoms with Crippen LogP contribution in [0.25, 0.3) is 11.5 Å². The summed E-state index contributed by atoms with van der Waals surface area (Å²) < 4.78 is 0.609. The zero-order valence-electron chi connectivity index (χ0n) is 10.5. The Balaban J connectivity index is 2.63. The van der Waals surface area contributed by atoms with Gasteiger partial charge in [0.1, 0.15) is 10.3 Å². The number of hydrogen-bond donors (Lipinski definition) is 1. The quantitative estimate of drug-likeness (QED) is 0.834. The third-order valence-corrected chi connectivity index (χ3v) is 3.33. The summed E-state index contributed by atoms with van der Waals surface area (Å²) in [5, 5.41) is 0.562. The maximum atomic E-state index is 6.11. The van der Waals surface area contributed by atoms with Crippen molar-refractivity contribution in [2.75, 3.05) is 0 Å². The van der Waals surface area contributed by atoms with E-state index in [-0.39, 0.29) is 0 Å². The molecule has 2 aromatic heterocycles. The van der Waals surface area contributed by atoms with E-state index in [0.717, 1.165) is 11.3 Å². The molecule has 0 aromatic carbocycles. The summed E-state index contributed by atoms with van der Waals surface area (Å²) >= 11 is 11.5. The number of nitrogens with one attached hydrogen (secondary N) is 1. The van der Waals surface area contributed by atoms with Crippen LogP contribution in [0.2, 0.25) is 5.02 Å². The van der Waals surface area contributed by atoms with Gasteiger partial charge in [-0.25, -0.2) is 4.98 Å². The van der Waals surface area contributed by atoms with Crippen LogP contribution in [0.1, 0.15) is 31.0 Å². The summed E-state index contributed by atoms with van der Waals surface area (Å²) in [6, 6.07) is 3.57. The van der Waals surface area contributed by atoms with Crippen molar-refractivity contribution in [3.63, 3.8) is 0 Å². The van der Waals surface area contributed by atoms with Gasteiger partial charge >= 0.3 is 0 Å². The molecule has 0 aliphatic carbocycles. The van der Waals surface area contributed by atoms with Crippen LogP contribution in [0.5, 0.6) is 0 Å². The number of hydrogen-bond acceptors (Lipinski definition) is 3. The fourth-order valence-corrected chi connectivity index (χ4v) is 2.64. The van der Waals surface area contributed by atoms with Crippen LogP contribution < -0.4 is 0 Å². The molecule has 1 N–H and O–H groups in total. The lowest BCUT2D eigenvalue weighted by Gasteiger charge is -2.11. The molecular weight excluding hydrogens is 266 g/mol. The molecule has 0 spiro atoms. The predicted octanol–water partition coefficient (Wildman–Crippen LogP) is 4.29. The van der Waals surface area contributed by atoms with Crippen LogP contribution in [-0.2, 0) is 0 Å². The highest BCUT2D eigenvalue weighted by Gasteiger charge is 2.12. The second kappa shape index (κ2) is 5.16. The molecule has 0 saturated carbocycles. The monoisotopic (exact) mass is 279 g/mol. The van der Waals surface area contributed by atoms with Crippen molar-refractivity contribution in [3.8, 4) is 11.5 Å². The van der Waals surface area contributed by atoms with Crippen LogP contribution >= 0.6 is 23.8 Å². The molecule has 2 aromatic rings. The lowest BCUT2D eigenvalue weighted by atomic mass is 10.0. The molecule has 3 nitrogen and oxygen atoms in total. The second-order valence-electron chi connectivity index (χ2n) is 4.42. The Morgan fingerprint density at radius 1 is 1.39 bits per heavy atom. The molecule has 0 radical (unpaired) electrons. The van der Waals surface area contributed by atoms with Crippen molar-refractivity contribution in [1.29, 1.82) is 0 Å². The van der Waals surface area contributed by atoms with Crippen molar-refractivity contribution in [1.82, 2.24) is 15.0 Å². The van der Waals surface area contributed by atoms with Gasteiger partial charge in [0.25, 0.3) is 0 Å². The number of aromatic nitrogens is 3. The Morgan fingerprint density at radius 3 is 2.67 bits per heavy atom. The van der Waals surface area contributed by atoms with Crippen molar-refractivity contribution in [2.24, 2.45) is 0 Å². The van der Waals surface area contributed by atoms with E-state index in [9.17, 15) is 0 Å². The summed E-state index contributed by atoms with van der Waals surface area (Å²) in [5.74, 6) is 0.960. The largest absolute Gasteiger partial charge is 0.342 e. The molecule has 0 fully saturated rings. The number of rotatable bonds is 2. The molecule has 0 bridgehead atoms. The molecule has 18 heavy (non-hydrogen) atoms. The van der Waals surface area contributed by atoms with Gasteiger partial charge in [0.15, 0.2) is 5.82 Å². The van der Waals surface area contributed by atoms with E-state index in [1.807, 2.05) is 6.92 Å². The van der Waals surface area contributed by atoms with Gasteiger partial charge < -0.3 is 4.98 Å². The maximum absolute atomic E-state index is 6.11. The zero-order valence-corrected chi connectivity index (χ0v) is 12.1. The van der Waals surface area contributed by atoms with Gasteiger partial charge in [-0.2, -0.15) is 0 Å². The molecule has 0 aliphatic rings. The lowest BCUT2D eigenvalue weighted by Crippen LogP contribution is -2.02. The van der Waals surface area contributed by atoms with Crippen molar-refractivity contribution in [3.05, 3.63) is 39.3 Å². The average molecular weight is 280 g/mol. The lowest BCUT2D eigenvalue weighted by molar-refractivity contribution is 0.824. The summed E-state index contributed by atoms with van der Waals surface area (Å²) in [6.07, 6.45) is 1.69. The van der Waals surface area contributed by atoms with Gasteiger partial charge in [0.05, 0.1) is 5.02 Å². The Labute approximate surface area is 116 Å².